The summed E-state index contributed by atoms with van der Waals surface area (Å²) < 4.78 is 3.30. The monoisotopic (exact) mass is 355 g/mol. The first-order chi connectivity index (χ1) is 8.65. The van der Waals surface area contributed by atoms with Crippen molar-refractivity contribution in [2.24, 2.45) is 5.92 Å². The highest BCUT2D eigenvalue weighted by Crippen LogP contribution is 2.11. The van der Waals surface area contributed by atoms with Crippen LogP contribution in [0, 0.1) is 9.49 Å². The number of nitrogens with zero attached hydrogens (tertiary/aromatic N) is 2. The molecule has 1 heterocycles. The fourth-order valence-electron chi connectivity index (χ4n) is 1.70. The number of hydrogen-bond acceptors (Lipinski definition) is 2. The van der Waals surface area contributed by atoms with Crippen molar-refractivity contribution in [3.8, 4) is 5.69 Å². The number of hydrogen-bond donors (Lipinski definition) is 1. The number of imidazole rings is 1. The van der Waals surface area contributed by atoms with Gasteiger partial charge in [-0.05, 0) is 59.3 Å². The Kier molecular flexibility index (Phi) is 4.77. The van der Waals surface area contributed by atoms with Gasteiger partial charge >= 0.3 is 0 Å². The largest absolute Gasteiger partial charge is 0.311 e. The second kappa shape index (κ2) is 6.33. The molecule has 1 aromatic carbocycles. The molecule has 0 aliphatic heterocycles. The second-order valence-corrected chi connectivity index (χ2v) is 6.02. The molecular weight excluding hydrogens is 337 g/mol. The SMILES string of the molecule is CC(C)CNCc1cn(-c2ccc(I)cc2)cn1. The molecule has 0 fully saturated rings. The minimum Gasteiger partial charge on any atom is -0.311 e. The first kappa shape index (κ1) is 13.5. The zero-order valence-electron chi connectivity index (χ0n) is 10.7. The average Bonchev–Trinajstić information content (AvgIpc) is 2.78. The molecular formula is C14H18IN3. The normalized spacial score (nSPS) is 11.1. The lowest BCUT2D eigenvalue weighted by atomic mass is 10.2. The summed E-state index contributed by atoms with van der Waals surface area (Å²) in [5, 5.41) is 3.40. The van der Waals surface area contributed by atoms with Gasteiger partial charge in [-0.1, -0.05) is 13.8 Å². The van der Waals surface area contributed by atoms with Crippen LogP contribution in [0.1, 0.15) is 19.5 Å². The van der Waals surface area contributed by atoms with E-state index in [9.17, 15) is 0 Å². The van der Waals surface area contributed by atoms with Gasteiger partial charge in [-0.25, -0.2) is 4.98 Å². The Hall–Kier alpha value is -0.880. The summed E-state index contributed by atoms with van der Waals surface area (Å²) >= 11 is 2.31. The Morgan fingerprint density at radius 3 is 2.67 bits per heavy atom. The van der Waals surface area contributed by atoms with E-state index < -0.39 is 0 Å². The maximum atomic E-state index is 4.41. The zero-order chi connectivity index (χ0) is 13.0. The Labute approximate surface area is 122 Å². The third kappa shape index (κ3) is 3.81. The molecule has 0 unspecified atom stereocenters. The Morgan fingerprint density at radius 1 is 1.28 bits per heavy atom. The van der Waals surface area contributed by atoms with Crippen molar-refractivity contribution in [2.45, 2.75) is 20.4 Å². The van der Waals surface area contributed by atoms with Crippen LogP contribution >= 0.6 is 22.6 Å². The average molecular weight is 355 g/mol. The standard InChI is InChI=1S/C14H18IN3/c1-11(2)7-16-8-13-9-18(10-17-13)14-5-3-12(15)4-6-14/h3-6,9-11,16H,7-8H2,1-2H3. The van der Waals surface area contributed by atoms with Crippen molar-refractivity contribution < 1.29 is 0 Å². The van der Waals surface area contributed by atoms with Crippen LogP contribution in [0.4, 0.5) is 0 Å². The first-order valence-electron chi connectivity index (χ1n) is 6.14. The number of rotatable bonds is 5. The Balaban J connectivity index is 1.99. The fourth-order valence-corrected chi connectivity index (χ4v) is 2.06. The van der Waals surface area contributed by atoms with E-state index in [1.807, 2.05) is 6.33 Å². The molecule has 4 heteroatoms. The van der Waals surface area contributed by atoms with E-state index in [0.717, 1.165) is 24.5 Å². The summed E-state index contributed by atoms with van der Waals surface area (Å²) in [5.74, 6) is 0.670. The zero-order valence-corrected chi connectivity index (χ0v) is 12.9. The van der Waals surface area contributed by atoms with Crippen LogP contribution in [0.2, 0.25) is 0 Å². The summed E-state index contributed by atoms with van der Waals surface area (Å²) in [7, 11) is 0. The lowest BCUT2D eigenvalue weighted by Crippen LogP contribution is -2.19. The molecule has 0 spiro atoms. The maximum absolute atomic E-state index is 4.41. The van der Waals surface area contributed by atoms with Crippen LogP contribution in [0.3, 0.4) is 0 Å². The summed E-state index contributed by atoms with van der Waals surface area (Å²) in [6.45, 7) is 6.26. The number of halogens is 1. The van der Waals surface area contributed by atoms with Gasteiger partial charge < -0.3 is 9.88 Å². The van der Waals surface area contributed by atoms with Gasteiger partial charge in [0, 0.05) is 22.0 Å². The van der Waals surface area contributed by atoms with Gasteiger partial charge in [0.25, 0.3) is 0 Å². The van der Waals surface area contributed by atoms with Gasteiger partial charge in [-0.3, -0.25) is 0 Å². The van der Waals surface area contributed by atoms with Gasteiger partial charge in [0.15, 0.2) is 0 Å². The van der Waals surface area contributed by atoms with Gasteiger partial charge in [0.05, 0.1) is 12.0 Å². The van der Waals surface area contributed by atoms with Crippen molar-refractivity contribution in [2.75, 3.05) is 6.54 Å². The first-order valence-corrected chi connectivity index (χ1v) is 7.22. The van der Waals surface area contributed by atoms with Crippen molar-refractivity contribution >= 4 is 22.6 Å². The van der Waals surface area contributed by atoms with E-state index in [0.29, 0.717) is 5.92 Å². The molecule has 1 aromatic heterocycles. The van der Waals surface area contributed by atoms with Crippen molar-refractivity contribution in [1.82, 2.24) is 14.9 Å². The van der Waals surface area contributed by atoms with E-state index in [1.165, 1.54) is 3.57 Å². The smallest absolute Gasteiger partial charge is 0.0995 e. The van der Waals surface area contributed by atoms with E-state index in [-0.39, 0.29) is 0 Å². The molecule has 0 amide bonds. The predicted molar refractivity (Wildman–Crippen MR) is 82.8 cm³/mol. The van der Waals surface area contributed by atoms with Crippen LogP contribution in [0.5, 0.6) is 0 Å². The summed E-state index contributed by atoms with van der Waals surface area (Å²) in [6, 6.07) is 8.42. The van der Waals surface area contributed by atoms with Crippen LogP contribution in [-0.2, 0) is 6.54 Å². The van der Waals surface area contributed by atoms with Gasteiger partial charge in [0.2, 0.25) is 0 Å². The maximum Gasteiger partial charge on any atom is 0.0995 e. The van der Waals surface area contributed by atoms with Crippen molar-refractivity contribution in [1.29, 1.82) is 0 Å². The van der Waals surface area contributed by atoms with E-state index in [4.69, 9.17) is 0 Å². The molecule has 1 N–H and O–H groups in total. The van der Waals surface area contributed by atoms with Crippen LogP contribution < -0.4 is 5.32 Å². The summed E-state index contributed by atoms with van der Waals surface area (Å²) in [6.07, 6.45) is 3.95. The topological polar surface area (TPSA) is 29.9 Å². The van der Waals surface area contributed by atoms with Crippen LogP contribution in [0.25, 0.3) is 5.69 Å². The molecule has 96 valence electrons. The predicted octanol–water partition coefficient (Wildman–Crippen LogP) is 3.22. The van der Waals surface area contributed by atoms with Crippen LogP contribution in [-0.4, -0.2) is 16.1 Å². The highest BCUT2D eigenvalue weighted by Gasteiger charge is 2.01. The summed E-state index contributed by atoms with van der Waals surface area (Å²) in [5.41, 5.74) is 2.23. The molecule has 0 atom stereocenters. The van der Waals surface area contributed by atoms with E-state index >= 15 is 0 Å². The minimum absolute atomic E-state index is 0.670. The second-order valence-electron chi connectivity index (χ2n) is 4.77. The van der Waals surface area contributed by atoms with Gasteiger partial charge in [0.1, 0.15) is 0 Å². The highest BCUT2D eigenvalue weighted by molar-refractivity contribution is 14.1. The molecule has 0 bridgehead atoms. The summed E-state index contributed by atoms with van der Waals surface area (Å²) in [4.78, 5) is 4.41. The quantitative estimate of drug-likeness (QED) is 0.835. The molecule has 18 heavy (non-hydrogen) atoms. The van der Waals surface area contributed by atoms with E-state index in [2.05, 4.69) is 81.8 Å². The number of aromatic nitrogens is 2. The fraction of sp³-hybridized carbons (Fsp3) is 0.357. The molecule has 0 radical (unpaired) electrons. The van der Waals surface area contributed by atoms with Crippen molar-refractivity contribution in [3.63, 3.8) is 0 Å². The molecule has 0 aliphatic rings. The molecule has 0 saturated heterocycles. The molecule has 3 nitrogen and oxygen atoms in total. The molecule has 0 saturated carbocycles. The Morgan fingerprint density at radius 2 is 2.00 bits per heavy atom. The molecule has 2 aromatic rings. The minimum atomic E-state index is 0.670. The lowest BCUT2D eigenvalue weighted by molar-refractivity contribution is 0.549. The third-order valence-corrected chi connectivity index (χ3v) is 3.34. The highest BCUT2D eigenvalue weighted by atomic mass is 127. The number of nitrogens with one attached hydrogen (secondary N) is 1. The van der Waals surface area contributed by atoms with Gasteiger partial charge in [-0.15, -0.1) is 0 Å². The Bertz CT molecular complexity index is 488. The van der Waals surface area contributed by atoms with Crippen LogP contribution in [0.15, 0.2) is 36.8 Å². The lowest BCUT2D eigenvalue weighted by Gasteiger charge is -2.05. The number of benzene rings is 1. The van der Waals surface area contributed by atoms with Crippen molar-refractivity contribution in [3.05, 3.63) is 46.1 Å². The van der Waals surface area contributed by atoms with Gasteiger partial charge in [-0.2, -0.15) is 0 Å². The molecule has 0 aliphatic carbocycles. The third-order valence-electron chi connectivity index (χ3n) is 2.62. The van der Waals surface area contributed by atoms with E-state index in [1.54, 1.807) is 0 Å². The molecule has 2 rings (SSSR count).